The van der Waals surface area contributed by atoms with Crippen LogP contribution in [0.2, 0.25) is 5.02 Å². The summed E-state index contributed by atoms with van der Waals surface area (Å²) >= 11 is 7.46. The Balaban J connectivity index is 1.67. The Morgan fingerprint density at radius 2 is 1.78 bits per heavy atom. The minimum Gasteiger partial charge on any atom is -0.487 e. The molecule has 2 aromatic carbocycles. The highest BCUT2D eigenvalue weighted by atomic mass is 35.5. The molecule has 0 aliphatic carbocycles. The summed E-state index contributed by atoms with van der Waals surface area (Å²) in [6, 6.07) is 17.4. The summed E-state index contributed by atoms with van der Waals surface area (Å²) < 4.78 is 5.89. The first-order valence-electron chi connectivity index (χ1n) is 8.70. The molecule has 3 rings (SSSR count). The third-order valence-corrected chi connectivity index (χ3v) is 5.40. The molecule has 1 amide bonds. The first-order chi connectivity index (χ1) is 12.8. The van der Waals surface area contributed by atoms with Crippen molar-refractivity contribution in [1.82, 2.24) is 0 Å². The SMILES string of the molecule is CC(C)(C)c1ccc(COc2ccsc2C(=O)Nc2ccccc2Cl)cc1. The normalized spacial score (nSPS) is 11.3. The van der Waals surface area contributed by atoms with Crippen LogP contribution in [0.5, 0.6) is 5.75 Å². The molecule has 0 aliphatic rings. The molecule has 27 heavy (non-hydrogen) atoms. The van der Waals surface area contributed by atoms with E-state index in [-0.39, 0.29) is 11.3 Å². The van der Waals surface area contributed by atoms with Crippen LogP contribution in [0.25, 0.3) is 0 Å². The van der Waals surface area contributed by atoms with Gasteiger partial charge in [0.2, 0.25) is 0 Å². The van der Waals surface area contributed by atoms with Gasteiger partial charge in [0.15, 0.2) is 0 Å². The lowest BCUT2D eigenvalue weighted by molar-refractivity contribution is 0.102. The predicted octanol–water partition coefficient (Wildman–Crippen LogP) is 6.53. The molecular formula is C22H22ClNO2S. The lowest BCUT2D eigenvalue weighted by Crippen LogP contribution is -2.12. The summed E-state index contributed by atoms with van der Waals surface area (Å²) in [7, 11) is 0. The van der Waals surface area contributed by atoms with Gasteiger partial charge in [-0.15, -0.1) is 11.3 Å². The van der Waals surface area contributed by atoms with Crippen LogP contribution in [-0.2, 0) is 12.0 Å². The van der Waals surface area contributed by atoms with E-state index in [0.29, 0.717) is 27.9 Å². The van der Waals surface area contributed by atoms with Crippen molar-refractivity contribution in [2.45, 2.75) is 32.8 Å². The number of thiophene rings is 1. The van der Waals surface area contributed by atoms with Crippen LogP contribution in [0.1, 0.15) is 41.6 Å². The zero-order valence-electron chi connectivity index (χ0n) is 15.6. The molecule has 1 aromatic heterocycles. The average Bonchev–Trinajstić information content (AvgIpc) is 3.10. The molecule has 1 heterocycles. The molecule has 0 saturated heterocycles. The first-order valence-corrected chi connectivity index (χ1v) is 9.96. The van der Waals surface area contributed by atoms with Crippen molar-refractivity contribution in [3.8, 4) is 5.75 Å². The molecule has 0 aliphatic heterocycles. The van der Waals surface area contributed by atoms with Gasteiger partial charge in [-0.05, 0) is 40.1 Å². The fraction of sp³-hybridized carbons (Fsp3) is 0.227. The van der Waals surface area contributed by atoms with Gasteiger partial charge in [-0.25, -0.2) is 0 Å². The maximum Gasteiger partial charge on any atom is 0.269 e. The number of amides is 1. The monoisotopic (exact) mass is 399 g/mol. The van der Waals surface area contributed by atoms with Gasteiger partial charge in [-0.2, -0.15) is 0 Å². The minimum absolute atomic E-state index is 0.122. The average molecular weight is 400 g/mol. The molecule has 3 aromatic rings. The second-order valence-corrected chi connectivity index (χ2v) is 8.61. The van der Waals surface area contributed by atoms with Crippen molar-refractivity contribution in [3.63, 3.8) is 0 Å². The number of hydrogen-bond donors (Lipinski definition) is 1. The van der Waals surface area contributed by atoms with Crippen molar-refractivity contribution in [3.05, 3.63) is 81.0 Å². The summed E-state index contributed by atoms with van der Waals surface area (Å²) in [5.74, 6) is 0.348. The van der Waals surface area contributed by atoms with Crippen molar-refractivity contribution in [1.29, 1.82) is 0 Å². The van der Waals surface area contributed by atoms with E-state index < -0.39 is 0 Å². The zero-order chi connectivity index (χ0) is 19.4. The maximum atomic E-state index is 12.6. The number of carbonyl (C=O) groups is 1. The van der Waals surface area contributed by atoms with E-state index in [9.17, 15) is 4.79 Å². The van der Waals surface area contributed by atoms with Gasteiger partial charge in [0.1, 0.15) is 17.2 Å². The van der Waals surface area contributed by atoms with Gasteiger partial charge in [0.25, 0.3) is 5.91 Å². The summed E-state index contributed by atoms with van der Waals surface area (Å²) in [6.07, 6.45) is 0. The summed E-state index contributed by atoms with van der Waals surface area (Å²) in [6.45, 7) is 6.97. The van der Waals surface area contributed by atoms with E-state index in [1.807, 2.05) is 23.6 Å². The number of nitrogens with one attached hydrogen (secondary N) is 1. The highest BCUT2D eigenvalue weighted by molar-refractivity contribution is 7.12. The van der Waals surface area contributed by atoms with Crippen LogP contribution < -0.4 is 10.1 Å². The standard InChI is InChI=1S/C22H22ClNO2S/c1-22(2,3)16-10-8-15(9-11-16)14-26-19-12-13-27-20(19)21(25)24-18-7-5-4-6-17(18)23/h4-13H,14H2,1-3H3,(H,24,25). The fourth-order valence-electron chi connectivity index (χ4n) is 2.58. The van der Waals surface area contributed by atoms with Crippen molar-refractivity contribution in [2.24, 2.45) is 0 Å². The molecular weight excluding hydrogens is 378 g/mol. The van der Waals surface area contributed by atoms with Gasteiger partial charge in [-0.3, -0.25) is 4.79 Å². The molecule has 0 radical (unpaired) electrons. The molecule has 0 bridgehead atoms. The maximum absolute atomic E-state index is 12.6. The summed E-state index contributed by atoms with van der Waals surface area (Å²) in [5, 5.41) is 5.19. The number of para-hydroxylation sites is 1. The molecule has 0 unspecified atom stereocenters. The lowest BCUT2D eigenvalue weighted by Gasteiger charge is -2.19. The van der Waals surface area contributed by atoms with Crippen molar-refractivity contribution >= 4 is 34.5 Å². The number of ether oxygens (including phenoxy) is 1. The van der Waals surface area contributed by atoms with E-state index in [2.05, 4.69) is 50.4 Å². The fourth-order valence-corrected chi connectivity index (χ4v) is 3.49. The number of carbonyl (C=O) groups excluding carboxylic acids is 1. The van der Waals surface area contributed by atoms with E-state index in [4.69, 9.17) is 16.3 Å². The third-order valence-electron chi connectivity index (χ3n) is 4.17. The predicted molar refractivity (Wildman–Crippen MR) is 113 cm³/mol. The van der Waals surface area contributed by atoms with E-state index in [1.165, 1.54) is 16.9 Å². The first kappa shape index (κ1) is 19.5. The largest absolute Gasteiger partial charge is 0.487 e. The molecule has 0 fully saturated rings. The molecule has 0 atom stereocenters. The summed E-state index contributed by atoms with van der Waals surface area (Å²) in [5.41, 5.74) is 3.05. The third kappa shape index (κ3) is 4.90. The van der Waals surface area contributed by atoms with Gasteiger partial charge in [-0.1, -0.05) is 68.8 Å². The molecule has 0 spiro atoms. The van der Waals surface area contributed by atoms with Crippen LogP contribution in [-0.4, -0.2) is 5.91 Å². The summed E-state index contributed by atoms with van der Waals surface area (Å²) in [4.78, 5) is 13.1. The molecule has 5 heteroatoms. The Bertz CT molecular complexity index is 926. The second kappa shape index (κ2) is 8.15. The Hall–Kier alpha value is -2.30. The van der Waals surface area contributed by atoms with E-state index >= 15 is 0 Å². The molecule has 140 valence electrons. The smallest absolute Gasteiger partial charge is 0.269 e. The number of benzene rings is 2. The molecule has 3 nitrogen and oxygen atoms in total. The molecule has 0 saturated carbocycles. The van der Waals surface area contributed by atoms with Crippen LogP contribution in [0.15, 0.2) is 60.0 Å². The number of hydrogen-bond acceptors (Lipinski definition) is 3. The number of halogens is 1. The van der Waals surface area contributed by atoms with Crippen LogP contribution >= 0.6 is 22.9 Å². The van der Waals surface area contributed by atoms with Gasteiger partial charge in [0, 0.05) is 0 Å². The van der Waals surface area contributed by atoms with Gasteiger partial charge >= 0.3 is 0 Å². The topological polar surface area (TPSA) is 38.3 Å². The van der Waals surface area contributed by atoms with Crippen LogP contribution in [0, 0.1) is 0 Å². The lowest BCUT2D eigenvalue weighted by atomic mass is 9.87. The quantitative estimate of drug-likeness (QED) is 0.529. The van der Waals surface area contributed by atoms with E-state index in [1.54, 1.807) is 12.1 Å². The van der Waals surface area contributed by atoms with Gasteiger partial charge < -0.3 is 10.1 Å². The number of anilines is 1. The Kier molecular flexibility index (Phi) is 5.88. The zero-order valence-corrected chi connectivity index (χ0v) is 17.2. The minimum atomic E-state index is -0.226. The highest BCUT2D eigenvalue weighted by Crippen LogP contribution is 2.29. The Morgan fingerprint density at radius 3 is 2.44 bits per heavy atom. The molecule has 1 N–H and O–H groups in total. The number of rotatable bonds is 5. The van der Waals surface area contributed by atoms with E-state index in [0.717, 1.165) is 5.56 Å². The van der Waals surface area contributed by atoms with Crippen LogP contribution in [0.4, 0.5) is 5.69 Å². The van der Waals surface area contributed by atoms with Crippen molar-refractivity contribution < 1.29 is 9.53 Å². The second-order valence-electron chi connectivity index (χ2n) is 7.28. The Morgan fingerprint density at radius 1 is 1.07 bits per heavy atom. The van der Waals surface area contributed by atoms with Crippen LogP contribution in [0.3, 0.4) is 0 Å². The van der Waals surface area contributed by atoms with Crippen molar-refractivity contribution in [2.75, 3.05) is 5.32 Å². The van der Waals surface area contributed by atoms with Gasteiger partial charge in [0.05, 0.1) is 10.7 Å². The Labute approximate surface area is 169 Å². The highest BCUT2D eigenvalue weighted by Gasteiger charge is 2.16.